The number of carbonyl (C=O) groups excluding carboxylic acids is 3. The van der Waals surface area contributed by atoms with E-state index in [-0.39, 0.29) is 24.3 Å². The fraction of sp³-hybridized carbons (Fsp3) is 0.667. The van der Waals surface area contributed by atoms with Crippen LogP contribution in [0.1, 0.15) is 59.8 Å². The Morgan fingerprint density at radius 2 is 1.92 bits per heavy atom. The molecular weight excluding hydrogens is 462 g/mol. The van der Waals surface area contributed by atoms with Gasteiger partial charge in [0.25, 0.3) is 0 Å². The summed E-state index contributed by atoms with van der Waals surface area (Å²) in [6, 6.07) is 5.63. The number of amides is 3. The third-order valence-corrected chi connectivity index (χ3v) is 8.00. The van der Waals surface area contributed by atoms with Gasteiger partial charge in [0.15, 0.2) is 0 Å². The monoisotopic (exact) mass is 501 g/mol. The average Bonchev–Trinajstić information content (AvgIpc) is 3.43. The van der Waals surface area contributed by atoms with Gasteiger partial charge >= 0.3 is 0 Å². The predicted molar refractivity (Wildman–Crippen MR) is 134 cm³/mol. The number of aliphatic hydroxyl groups is 1. The van der Waals surface area contributed by atoms with Gasteiger partial charge in [0.1, 0.15) is 17.4 Å². The van der Waals surface area contributed by atoms with Crippen molar-refractivity contribution in [1.82, 2.24) is 10.2 Å². The standard InChI is InChI=1S/C27H39N3O6/c1-5-7-8-15-28-24(33)22-27-14-13-26(4,36-27)20(21(27)25(34)30(22)17(3)16-31)23(32)29-18-9-11-19(12-10-18)35-6-2/h9-12,17,20-22,31H,5-8,13-16H2,1-4H3,(H,28,33)(H,29,32)/t17-,20+,21+,22?,26-,27?/m1/s1. The Kier molecular flexibility index (Phi) is 7.61. The molecule has 1 spiro atoms. The second-order valence-corrected chi connectivity index (χ2v) is 10.4. The van der Waals surface area contributed by atoms with Gasteiger partial charge in [-0.05, 0) is 64.3 Å². The molecule has 3 amide bonds. The summed E-state index contributed by atoms with van der Waals surface area (Å²) in [7, 11) is 0. The average molecular weight is 502 g/mol. The van der Waals surface area contributed by atoms with Crippen LogP contribution in [0.4, 0.5) is 5.69 Å². The summed E-state index contributed by atoms with van der Waals surface area (Å²) >= 11 is 0. The van der Waals surface area contributed by atoms with E-state index in [1.807, 2.05) is 13.8 Å². The zero-order chi connectivity index (χ0) is 26.1. The first kappa shape index (κ1) is 26.4. The summed E-state index contributed by atoms with van der Waals surface area (Å²) in [6.07, 6.45) is 3.95. The number of unbranched alkanes of at least 4 members (excludes halogenated alkanes) is 2. The Morgan fingerprint density at radius 3 is 2.56 bits per heavy atom. The van der Waals surface area contributed by atoms with Gasteiger partial charge in [0, 0.05) is 12.2 Å². The van der Waals surface area contributed by atoms with E-state index in [2.05, 4.69) is 17.6 Å². The zero-order valence-electron chi connectivity index (χ0n) is 21.7. The molecular formula is C27H39N3O6. The topological polar surface area (TPSA) is 117 Å². The van der Waals surface area contributed by atoms with Crippen LogP contribution in [0.15, 0.2) is 24.3 Å². The van der Waals surface area contributed by atoms with Crippen molar-refractivity contribution >= 4 is 23.4 Å². The first-order valence-electron chi connectivity index (χ1n) is 13.2. The van der Waals surface area contributed by atoms with Crippen LogP contribution in [-0.4, -0.2) is 70.8 Å². The smallest absolute Gasteiger partial charge is 0.245 e. The molecule has 9 nitrogen and oxygen atoms in total. The predicted octanol–water partition coefficient (Wildman–Crippen LogP) is 2.48. The van der Waals surface area contributed by atoms with Crippen LogP contribution < -0.4 is 15.4 Å². The molecule has 6 atom stereocenters. The van der Waals surface area contributed by atoms with Crippen LogP contribution in [0.5, 0.6) is 5.75 Å². The number of rotatable bonds is 11. The van der Waals surface area contributed by atoms with E-state index in [1.54, 1.807) is 31.2 Å². The normalized spacial score (nSPS) is 31.3. The molecule has 9 heteroatoms. The zero-order valence-corrected chi connectivity index (χ0v) is 21.7. The lowest BCUT2D eigenvalue weighted by Gasteiger charge is -2.35. The Morgan fingerprint density at radius 1 is 1.19 bits per heavy atom. The van der Waals surface area contributed by atoms with Crippen molar-refractivity contribution < 1.29 is 29.0 Å². The van der Waals surface area contributed by atoms with Crippen LogP contribution in [-0.2, 0) is 19.1 Å². The summed E-state index contributed by atoms with van der Waals surface area (Å²) in [4.78, 5) is 42.4. The Hall–Kier alpha value is -2.65. The minimum atomic E-state index is -1.09. The lowest BCUT2D eigenvalue weighted by molar-refractivity contribution is -0.148. The molecule has 0 saturated carbocycles. The Bertz CT molecular complexity index is 984. The molecule has 3 saturated heterocycles. The number of ether oxygens (including phenoxy) is 2. The number of nitrogens with zero attached hydrogens (tertiary/aromatic N) is 1. The lowest BCUT2D eigenvalue weighted by Crippen LogP contribution is -2.57. The molecule has 2 unspecified atom stereocenters. The number of fused-ring (bicyclic) bond motifs is 1. The summed E-state index contributed by atoms with van der Waals surface area (Å²) in [5.41, 5.74) is -1.35. The minimum Gasteiger partial charge on any atom is -0.494 e. The summed E-state index contributed by atoms with van der Waals surface area (Å²) < 4.78 is 12.0. The number of benzene rings is 1. The van der Waals surface area contributed by atoms with Crippen LogP contribution >= 0.6 is 0 Å². The second-order valence-electron chi connectivity index (χ2n) is 10.4. The molecule has 1 aromatic carbocycles. The minimum absolute atomic E-state index is 0.279. The van der Waals surface area contributed by atoms with Crippen LogP contribution in [0.25, 0.3) is 0 Å². The first-order valence-corrected chi connectivity index (χ1v) is 13.2. The number of likely N-dealkylation sites (tertiary alicyclic amines) is 1. The highest BCUT2D eigenvalue weighted by Gasteiger charge is 2.78. The van der Waals surface area contributed by atoms with E-state index in [9.17, 15) is 19.5 Å². The third kappa shape index (κ3) is 4.36. The van der Waals surface area contributed by atoms with Gasteiger partial charge in [-0.3, -0.25) is 14.4 Å². The van der Waals surface area contributed by atoms with Gasteiger partial charge in [-0.1, -0.05) is 19.8 Å². The van der Waals surface area contributed by atoms with E-state index in [0.717, 1.165) is 19.3 Å². The SMILES string of the molecule is CCCCCNC(=O)C1N([C@H](C)CO)C(=O)[C@@H]2[C@@H](C(=O)Nc3ccc(OCC)cc3)[C@@]3(C)CCC12O3. The highest BCUT2D eigenvalue weighted by atomic mass is 16.5. The summed E-state index contributed by atoms with van der Waals surface area (Å²) in [5, 5.41) is 15.8. The molecule has 1 aromatic rings. The quantitative estimate of drug-likeness (QED) is 0.401. The molecule has 36 heavy (non-hydrogen) atoms. The molecule has 0 aromatic heterocycles. The maximum absolute atomic E-state index is 13.8. The van der Waals surface area contributed by atoms with E-state index >= 15 is 0 Å². The van der Waals surface area contributed by atoms with E-state index in [4.69, 9.17) is 9.47 Å². The highest BCUT2D eigenvalue weighted by Crippen LogP contribution is 2.63. The maximum Gasteiger partial charge on any atom is 0.245 e. The van der Waals surface area contributed by atoms with E-state index < -0.39 is 35.1 Å². The van der Waals surface area contributed by atoms with Gasteiger partial charge in [-0.25, -0.2) is 0 Å². The number of hydrogen-bond acceptors (Lipinski definition) is 6. The fourth-order valence-corrected chi connectivity index (χ4v) is 6.33. The molecule has 4 rings (SSSR count). The van der Waals surface area contributed by atoms with Gasteiger partial charge < -0.3 is 30.1 Å². The van der Waals surface area contributed by atoms with Crippen molar-refractivity contribution in [1.29, 1.82) is 0 Å². The number of aliphatic hydroxyl groups excluding tert-OH is 1. The summed E-state index contributed by atoms with van der Waals surface area (Å²) in [6.45, 7) is 8.36. The molecule has 0 radical (unpaired) electrons. The largest absolute Gasteiger partial charge is 0.494 e. The van der Waals surface area contributed by atoms with Crippen LogP contribution in [0.2, 0.25) is 0 Å². The van der Waals surface area contributed by atoms with Crippen molar-refractivity contribution in [2.45, 2.75) is 83.1 Å². The fourth-order valence-electron chi connectivity index (χ4n) is 6.33. The van der Waals surface area contributed by atoms with Gasteiger partial charge in [-0.15, -0.1) is 0 Å². The molecule has 3 N–H and O–H groups in total. The van der Waals surface area contributed by atoms with Crippen molar-refractivity contribution in [2.75, 3.05) is 25.1 Å². The van der Waals surface area contributed by atoms with E-state index in [0.29, 0.717) is 37.4 Å². The van der Waals surface area contributed by atoms with Crippen molar-refractivity contribution in [2.24, 2.45) is 11.8 Å². The third-order valence-electron chi connectivity index (χ3n) is 8.00. The molecule has 3 heterocycles. The summed E-state index contributed by atoms with van der Waals surface area (Å²) in [5.74, 6) is -1.73. The van der Waals surface area contributed by atoms with Crippen molar-refractivity contribution in [3.63, 3.8) is 0 Å². The second kappa shape index (κ2) is 10.4. The molecule has 3 fully saturated rings. The number of nitrogens with one attached hydrogen (secondary N) is 2. The van der Waals surface area contributed by atoms with Crippen molar-refractivity contribution in [3.8, 4) is 5.75 Å². The maximum atomic E-state index is 13.8. The number of hydrogen-bond donors (Lipinski definition) is 3. The molecule has 2 bridgehead atoms. The lowest BCUT2D eigenvalue weighted by atomic mass is 9.66. The van der Waals surface area contributed by atoms with Gasteiger partial charge in [0.05, 0.1) is 36.7 Å². The molecule has 3 aliphatic rings. The molecule has 0 aliphatic carbocycles. The van der Waals surface area contributed by atoms with E-state index in [1.165, 1.54) is 4.90 Å². The van der Waals surface area contributed by atoms with Gasteiger partial charge in [0.2, 0.25) is 17.7 Å². The van der Waals surface area contributed by atoms with Crippen LogP contribution in [0.3, 0.4) is 0 Å². The molecule has 3 aliphatic heterocycles. The Labute approximate surface area is 212 Å². The van der Waals surface area contributed by atoms with Gasteiger partial charge in [-0.2, -0.15) is 0 Å². The number of carbonyl (C=O) groups is 3. The van der Waals surface area contributed by atoms with Crippen LogP contribution in [0, 0.1) is 11.8 Å². The first-order chi connectivity index (χ1) is 17.2. The Balaban J connectivity index is 1.61. The number of anilines is 1. The highest BCUT2D eigenvalue weighted by molar-refractivity contribution is 6.02. The van der Waals surface area contributed by atoms with Crippen molar-refractivity contribution in [3.05, 3.63) is 24.3 Å². The molecule has 198 valence electrons.